The van der Waals surface area contributed by atoms with Crippen LogP contribution in [0.1, 0.15) is 25.8 Å². The molecule has 0 aliphatic heterocycles. The lowest BCUT2D eigenvalue weighted by Gasteiger charge is -2.10. The van der Waals surface area contributed by atoms with Gasteiger partial charge in [-0.1, -0.05) is 30.3 Å². The van der Waals surface area contributed by atoms with Gasteiger partial charge in [0.15, 0.2) is 0 Å². The van der Waals surface area contributed by atoms with Crippen molar-refractivity contribution in [1.82, 2.24) is 4.98 Å². The third kappa shape index (κ3) is 5.26. The number of carbonyl (C=O) groups is 1. The fraction of sp³-hybridized carbons (Fsp3) is 0.294. The summed E-state index contributed by atoms with van der Waals surface area (Å²) in [5.41, 5.74) is 1.89. The Kier molecular flexibility index (Phi) is 5.32. The van der Waals surface area contributed by atoms with Crippen molar-refractivity contribution in [2.75, 3.05) is 10.6 Å². The Balaban J connectivity index is 1.82. The maximum Gasteiger partial charge on any atom is 0.224 e. The highest BCUT2D eigenvalue weighted by atomic mass is 16.1. The minimum atomic E-state index is 0.00484. The molecule has 110 valence electrons. The largest absolute Gasteiger partial charge is 0.368 e. The van der Waals surface area contributed by atoms with Crippen molar-refractivity contribution in [1.29, 1.82) is 0 Å². The standard InChI is InChI=1S/C17H21N3O/c1-13(2)19-16-10-9-15(12-18-16)20-17(21)11-8-14-6-4-3-5-7-14/h3-7,9-10,12-13H,8,11H2,1-2H3,(H,18,19)(H,20,21). The molecule has 2 aromatic rings. The Bertz CT molecular complexity index is 564. The van der Waals surface area contributed by atoms with Crippen LogP contribution in [0.15, 0.2) is 48.7 Å². The van der Waals surface area contributed by atoms with E-state index in [1.54, 1.807) is 6.20 Å². The van der Waals surface area contributed by atoms with Gasteiger partial charge in [0.2, 0.25) is 5.91 Å². The number of nitrogens with zero attached hydrogens (tertiary/aromatic N) is 1. The van der Waals surface area contributed by atoms with Gasteiger partial charge >= 0.3 is 0 Å². The number of benzene rings is 1. The van der Waals surface area contributed by atoms with Crippen LogP contribution in [0, 0.1) is 0 Å². The molecule has 0 unspecified atom stereocenters. The van der Waals surface area contributed by atoms with E-state index in [4.69, 9.17) is 0 Å². The van der Waals surface area contributed by atoms with E-state index < -0.39 is 0 Å². The topological polar surface area (TPSA) is 54.0 Å². The fourth-order valence-electron chi connectivity index (χ4n) is 1.97. The summed E-state index contributed by atoms with van der Waals surface area (Å²) >= 11 is 0. The number of rotatable bonds is 6. The lowest BCUT2D eigenvalue weighted by atomic mass is 10.1. The fourth-order valence-corrected chi connectivity index (χ4v) is 1.97. The molecule has 21 heavy (non-hydrogen) atoms. The van der Waals surface area contributed by atoms with Crippen molar-refractivity contribution in [3.8, 4) is 0 Å². The van der Waals surface area contributed by atoms with Gasteiger partial charge in [-0.2, -0.15) is 0 Å². The van der Waals surface area contributed by atoms with Gasteiger partial charge in [0.1, 0.15) is 5.82 Å². The van der Waals surface area contributed by atoms with Gasteiger partial charge in [-0.15, -0.1) is 0 Å². The first-order valence-electron chi connectivity index (χ1n) is 7.20. The molecule has 0 radical (unpaired) electrons. The molecule has 0 saturated carbocycles. The number of carbonyl (C=O) groups excluding carboxylic acids is 1. The summed E-state index contributed by atoms with van der Waals surface area (Å²) in [6.45, 7) is 4.11. The molecule has 1 aromatic heterocycles. The van der Waals surface area contributed by atoms with Gasteiger partial charge in [0.05, 0.1) is 11.9 Å². The van der Waals surface area contributed by atoms with Gasteiger partial charge in [-0.25, -0.2) is 4.98 Å². The summed E-state index contributed by atoms with van der Waals surface area (Å²) in [5, 5.41) is 6.07. The zero-order chi connectivity index (χ0) is 15.1. The third-order valence-electron chi connectivity index (χ3n) is 2.97. The summed E-state index contributed by atoms with van der Waals surface area (Å²) in [5.74, 6) is 0.817. The monoisotopic (exact) mass is 283 g/mol. The van der Waals surface area contributed by atoms with Crippen molar-refractivity contribution in [3.05, 3.63) is 54.2 Å². The summed E-state index contributed by atoms with van der Waals surface area (Å²) in [6.07, 6.45) is 2.88. The summed E-state index contributed by atoms with van der Waals surface area (Å²) in [4.78, 5) is 16.2. The molecule has 4 heteroatoms. The Labute approximate surface area is 125 Å². The Morgan fingerprint density at radius 1 is 1.14 bits per heavy atom. The van der Waals surface area contributed by atoms with Crippen LogP contribution >= 0.6 is 0 Å². The van der Waals surface area contributed by atoms with E-state index in [0.29, 0.717) is 12.5 Å². The van der Waals surface area contributed by atoms with Gasteiger partial charge in [0.25, 0.3) is 0 Å². The highest BCUT2D eigenvalue weighted by Gasteiger charge is 2.04. The minimum Gasteiger partial charge on any atom is -0.368 e. The lowest BCUT2D eigenvalue weighted by Crippen LogP contribution is -2.13. The zero-order valence-electron chi connectivity index (χ0n) is 12.5. The average Bonchev–Trinajstić information content (AvgIpc) is 2.48. The van der Waals surface area contributed by atoms with E-state index >= 15 is 0 Å². The molecular weight excluding hydrogens is 262 g/mol. The molecule has 0 fully saturated rings. The smallest absolute Gasteiger partial charge is 0.224 e. The van der Waals surface area contributed by atoms with Crippen molar-refractivity contribution in [3.63, 3.8) is 0 Å². The number of aryl methyl sites for hydroxylation is 1. The molecule has 0 aliphatic rings. The molecule has 0 aliphatic carbocycles. The van der Waals surface area contributed by atoms with Crippen LogP contribution in [0.4, 0.5) is 11.5 Å². The predicted octanol–water partition coefficient (Wildman–Crippen LogP) is 3.47. The van der Waals surface area contributed by atoms with Crippen molar-refractivity contribution < 1.29 is 4.79 Å². The molecule has 1 amide bonds. The van der Waals surface area contributed by atoms with Gasteiger partial charge in [-0.05, 0) is 38.0 Å². The number of nitrogens with one attached hydrogen (secondary N) is 2. The van der Waals surface area contributed by atoms with E-state index in [1.807, 2.05) is 42.5 Å². The van der Waals surface area contributed by atoms with E-state index in [1.165, 1.54) is 5.56 Å². The number of hydrogen-bond acceptors (Lipinski definition) is 3. The molecule has 4 nitrogen and oxygen atoms in total. The minimum absolute atomic E-state index is 0.00484. The number of anilines is 2. The SMILES string of the molecule is CC(C)Nc1ccc(NC(=O)CCc2ccccc2)cn1. The summed E-state index contributed by atoms with van der Waals surface area (Å²) in [7, 11) is 0. The van der Waals surface area contributed by atoms with E-state index in [0.717, 1.165) is 17.9 Å². The maximum atomic E-state index is 11.9. The molecule has 2 rings (SSSR count). The highest BCUT2D eigenvalue weighted by molar-refractivity contribution is 5.90. The van der Waals surface area contributed by atoms with E-state index in [-0.39, 0.29) is 5.91 Å². The van der Waals surface area contributed by atoms with Crippen LogP contribution in [-0.2, 0) is 11.2 Å². The maximum absolute atomic E-state index is 11.9. The Morgan fingerprint density at radius 2 is 1.90 bits per heavy atom. The normalized spacial score (nSPS) is 10.4. The molecule has 0 atom stereocenters. The molecule has 0 bridgehead atoms. The second-order valence-corrected chi connectivity index (χ2v) is 5.26. The molecule has 0 spiro atoms. The lowest BCUT2D eigenvalue weighted by molar-refractivity contribution is -0.116. The average molecular weight is 283 g/mol. The number of hydrogen-bond donors (Lipinski definition) is 2. The second-order valence-electron chi connectivity index (χ2n) is 5.26. The van der Waals surface area contributed by atoms with Crippen LogP contribution < -0.4 is 10.6 Å². The zero-order valence-corrected chi connectivity index (χ0v) is 12.5. The molecule has 1 heterocycles. The number of aromatic nitrogens is 1. The number of amides is 1. The van der Waals surface area contributed by atoms with Crippen LogP contribution in [0.25, 0.3) is 0 Å². The Hall–Kier alpha value is -2.36. The summed E-state index contributed by atoms with van der Waals surface area (Å²) < 4.78 is 0. The first-order valence-corrected chi connectivity index (χ1v) is 7.20. The van der Waals surface area contributed by atoms with Gasteiger partial charge in [0, 0.05) is 12.5 Å². The molecule has 2 N–H and O–H groups in total. The van der Waals surface area contributed by atoms with Crippen LogP contribution in [0.3, 0.4) is 0 Å². The van der Waals surface area contributed by atoms with Crippen molar-refractivity contribution in [2.24, 2.45) is 0 Å². The van der Waals surface area contributed by atoms with Gasteiger partial charge in [-0.3, -0.25) is 4.79 Å². The second kappa shape index (κ2) is 7.43. The molecular formula is C17H21N3O. The van der Waals surface area contributed by atoms with E-state index in [9.17, 15) is 4.79 Å². The van der Waals surface area contributed by atoms with Crippen LogP contribution in [0.2, 0.25) is 0 Å². The molecule has 1 aromatic carbocycles. The predicted molar refractivity (Wildman–Crippen MR) is 86.4 cm³/mol. The van der Waals surface area contributed by atoms with Gasteiger partial charge < -0.3 is 10.6 Å². The number of pyridine rings is 1. The van der Waals surface area contributed by atoms with Crippen LogP contribution in [0.5, 0.6) is 0 Å². The van der Waals surface area contributed by atoms with Crippen LogP contribution in [-0.4, -0.2) is 16.9 Å². The quantitative estimate of drug-likeness (QED) is 0.853. The summed E-state index contributed by atoms with van der Waals surface area (Å²) in [6, 6.07) is 14.1. The van der Waals surface area contributed by atoms with E-state index in [2.05, 4.69) is 29.5 Å². The van der Waals surface area contributed by atoms with Crippen molar-refractivity contribution in [2.45, 2.75) is 32.7 Å². The van der Waals surface area contributed by atoms with Crippen molar-refractivity contribution >= 4 is 17.4 Å². The molecule has 0 saturated heterocycles. The first kappa shape index (κ1) is 15.0. The first-order chi connectivity index (χ1) is 10.1. The highest BCUT2D eigenvalue weighted by Crippen LogP contribution is 2.11. The third-order valence-corrected chi connectivity index (χ3v) is 2.97. The Morgan fingerprint density at radius 3 is 2.52 bits per heavy atom.